The summed E-state index contributed by atoms with van der Waals surface area (Å²) >= 11 is 0. The summed E-state index contributed by atoms with van der Waals surface area (Å²) < 4.78 is 10.6. The van der Waals surface area contributed by atoms with Crippen LogP contribution in [-0.4, -0.2) is 25.9 Å². The first-order chi connectivity index (χ1) is 4.79. The topological polar surface area (TPSA) is 18.5 Å². The minimum atomic E-state index is 0.402. The third-order valence-corrected chi connectivity index (χ3v) is 1.55. The van der Waals surface area contributed by atoms with Gasteiger partial charge < -0.3 is 9.47 Å². The van der Waals surface area contributed by atoms with Crippen molar-refractivity contribution in [1.29, 1.82) is 0 Å². The number of rotatable bonds is 4. The Balaban J connectivity index is 1.85. The van der Waals surface area contributed by atoms with E-state index in [4.69, 9.17) is 9.47 Å². The van der Waals surface area contributed by atoms with E-state index in [9.17, 15) is 0 Å². The van der Waals surface area contributed by atoms with Crippen LogP contribution >= 0.6 is 0 Å². The van der Waals surface area contributed by atoms with Crippen molar-refractivity contribution in [3.05, 3.63) is 0 Å². The Bertz CT molecular complexity index is 87.3. The molecule has 1 aliphatic heterocycles. The summed E-state index contributed by atoms with van der Waals surface area (Å²) in [7, 11) is 0. The molecular formula is C8H16O2. The predicted octanol–water partition coefficient (Wildman–Crippen LogP) is 1.45. The van der Waals surface area contributed by atoms with Gasteiger partial charge in [0.15, 0.2) is 0 Å². The predicted molar refractivity (Wildman–Crippen MR) is 40.0 cm³/mol. The van der Waals surface area contributed by atoms with Crippen LogP contribution in [0.2, 0.25) is 0 Å². The van der Waals surface area contributed by atoms with Gasteiger partial charge in [0, 0.05) is 13.2 Å². The second-order valence-electron chi connectivity index (χ2n) is 3.21. The summed E-state index contributed by atoms with van der Waals surface area (Å²) in [4.78, 5) is 0. The molecule has 2 nitrogen and oxygen atoms in total. The Labute approximate surface area is 62.5 Å². The highest BCUT2D eigenvalue weighted by Gasteiger charge is 2.17. The second kappa shape index (κ2) is 3.94. The van der Waals surface area contributed by atoms with Crippen molar-refractivity contribution in [3.63, 3.8) is 0 Å². The van der Waals surface area contributed by atoms with E-state index in [1.165, 1.54) is 6.42 Å². The van der Waals surface area contributed by atoms with Crippen LogP contribution in [0.25, 0.3) is 0 Å². The molecule has 0 saturated carbocycles. The molecule has 0 N–H and O–H groups in total. The maximum absolute atomic E-state index is 5.37. The summed E-state index contributed by atoms with van der Waals surface area (Å²) in [6.07, 6.45) is 1.58. The van der Waals surface area contributed by atoms with E-state index < -0.39 is 0 Å². The molecule has 0 bridgehead atoms. The van der Waals surface area contributed by atoms with Gasteiger partial charge in [0.2, 0.25) is 0 Å². The van der Waals surface area contributed by atoms with Crippen LogP contribution in [0.4, 0.5) is 0 Å². The molecule has 1 heterocycles. The normalized spacial score (nSPS) is 24.9. The highest BCUT2D eigenvalue weighted by atomic mass is 16.5. The molecule has 0 spiro atoms. The molecule has 0 radical (unpaired) electrons. The van der Waals surface area contributed by atoms with Gasteiger partial charge in [0.1, 0.15) is 0 Å². The molecule has 1 atom stereocenters. The van der Waals surface area contributed by atoms with Crippen molar-refractivity contribution in [3.8, 4) is 0 Å². The first-order valence-corrected chi connectivity index (χ1v) is 3.98. The molecule has 0 aromatic carbocycles. The zero-order valence-electron chi connectivity index (χ0n) is 6.80. The fourth-order valence-corrected chi connectivity index (χ4v) is 0.851. The van der Waals surface area contributed by atoms with Crippen LogP contribution in [-0.2, 0) is 9.47 Å². The van der Waals surface area contributed by atoms with Crippen LogP contribution in [0.5, 0.6) is 0 Å². The Kier molecular flexibility index (Phi) is 3.16. The smallest absolute Gasteiger partial charge is 0.0830 e. The van der Waals surface area contributed by atoms with E-state index in [2.05, 4.69) is 13.8 Å². The maximum Gasteiger partial charge on any atom is 0.0830 e. The van der Waals surface area contributed by atoms with Gasteiger partial charge in [-0.05, 0) is 12.3 Å². The second-order valence-corrected chi connectivity index (χ2v) is 3.21. The van der Waals surface area contributed by atoms with Crippen molar-refractivity contribution >= 4 is 0 Å². The lowest BCUT2D eigenvalue weighted by Gasteiger charge is -2.26. The van der Waals surface area contributed by atoms with Gasteiger partial charge in [-0.3, -0.25) is 0 Å². The van der Waals surface area contributed by atoms with E-state index in [0.717, 1.165) is 19.8 Å². The average molecular weight is 144 g/mol. The van der Waals surface area contributed by atoms with Gasteiger partial charge >= 0.3 is 0 Å². The SMILES string of the molecule is CC(C)COCC1CCO1. The molecule has 1 unspecified atom stereocenters. The van der Waals surface area contributed by atoms with Gasteiger partial charge in [0.25, 0.3) is 0 Å². The third kappa shape index (κ3) is 2.67. The van der Waals surface area contributed by atoms with Crippen LogP contribution < -0.4 is 0 Å². The summed E-state index contributed by atoms with van der Waals surface area (Å²) in [6, 6.07) is 0. The number of hydrogen-bond donors (Lipinski definition) is 0. The molecule has 1 rings (SSSR count). The molecule has 1 fully saturated rings. The quantitative estimate of drug-likeness (QED) is 0.594. The van der Waals surface area contributed by atoms with Crippen LogP contribution in [0.3, 0.4) is 0 Å². The molecule has 0 aromatic rings. The lowest BCUT2D eigenvalue weighted by atomic mass is 10.2. The molecule has 0 aromatic heterocycles. The van der Waals surface area contributed by atoms with E-state index in [-0.39, 0.29) is 0 Å². The first kappa shape index (κ1) is 8.02. The standard InChI is InChI=1S/C8H16O2/c1-7(2)5-9-6-8-3-4-10-8/h7-8H,3-6H2,1-2H3. The first-order valence-electron chi connectivity index (χ1n) is 3.98. The average Bonchev–Trinajstić information content (AvgIpc) is 1.75. The highest BCUT2D eigenvalue weighted by molar-refractivity contribution is 4.64. The fraction of sp³-hybridized carbons (Fsp3) is 1.00. The zero-order chi connectivity index (χ0) is 7.40. The largest absolute Gasteiger partial charge is 0.378 e. The van der Waals surface area contributed by atoms with Crippen molar-refractivity contribution in [1.82, 2.24) is 0 Å². The number of hydrogen-bond acceptors (Lipinski definition) is 2. The van der Waals surface area contributed by atoms with Crippen molar-refractivity contribution in [2.45, 2.75) is 26.4 Å². The summed E-state index contributed by atoms with van der Waals surface area (Å²) in [5, 5.41) is 0. The molecule has 0 amide bonds. The summed E-state index contributed by atoms with van der Waals surface area (Å²) in [5.74, 6) is 0.639. The lowest BCUT2D eigenvalue weighted by molar-refractivity contribution is -0.0964. The van der Waals surface area contributed by atoms with E-state index in [0.29, 0.717) is 12.0 Å². The monoisotopic (exact) mass is 144 g/mol. The van der Waals surface area contributed by atoms with Crippen molar-refractivity contribution in [2.24, 2.45) is 5.92 Å². The van der Waals surface area contributed by atoms with Gasteiger partial charge in [-0.1, -0.05) is 13.8 Å². The van der Waals surface area contributed by atoms with E-state index >= 15 is 0 Å². The molecule has 1 saturated heterocycles. The molecule has 1 aliphatic rings. The highest BCUT2D eigenvalue weighted by Crippen LogP contribution is 2.10. The minimum absolute atomic E-state index is 0.402. The van der Waals surface area contributed by atoms with Gasteiger partial charge in [-0.15, -0.1) is 0 Å². The molecule has 10 heavy (non-hydrogen) atoms. The molecule has 0 aliphatic carbocycles. The van der Waals surface area contributed by atoms with Gasteiger partial charge in [-0.25, -0.2) is 0 Å². The maximum atomic E-state index is 5.37. The fourth-order valence-electron chi connectivity index (χ4n) is 0.851. The lowest BCUT2D eigenvalue weighted by Crippen LogP contribution is -2.31. The minimum Gasteiger partial charge on any atom is -0.378 e. The molecule has 2 heteroatoms. The Hall–Kier alpha value is -0.0800. The van der Waals surface area contributed by atoms with E-state index in [1.54, 1.807) is 0 Å². The van der Waals surface area contributed by atoms with Gasteiger partial charge in [0.05, 0.1) is 12.7 Å². The van der Waals surface area contributed by atoms with E-state index in [1.807, 2.05) is 0 Å². The summed E-state index contributed by atoms with van der Waals surface area (Å²) in [6.45, 7) is 6.89. The molecular weight excluding hydrogens is 128 g/mol. The Morgan fingerprint density at radius 1 is 1.60 bits per heavy atom. The van der Waals surface area contributed by atoms with Crippen molar-refractivity contribution < 1.29 is 9.47 Å². The molecule has 60 valence electrons. The van der Waals surface area contributed by atoms with Crippen molar-refractivity contribution in [2.75, 3.05) is 19.8 Å². The number of ether oxygens (including phenoxy) is 2. The zero-order valence-corrected chi connectivity index (χ0v) is 6.80. The Morgan fingerprint density at radius 2 is 2.30 bits per heavy atom. The van der Waals surface area contributed by atoms with Crippen LogP contribution in [0.1, 0.15) is 20.3 Å². The third-order valence-electron chi connectivity index (χ3n) is 1.55. The van der Waals surface area contributed by atoms with Crippen LogP contribution in [0.15, 0.2) is 0 Å². The summed E-state index contributed by atoms with van der Waals surface area (Å²) in [5.41, 5.74) is 0. The van der Waals surface area contributed by atoms with Crippen LogP contribution in [0, 0.1) is 5.92 Å². The van der Waals surface area contributed by atoms with Gasteiger partial charge in [-0.2, -0.15) is 0 Å². The Morgan fingerprint density at radius 3 is 2.70 bits per heavy atom.